The molecule has 10 heteroatoms. The molecule has 0 aromatic carbocycles. The molecular weight excluding hydrogens is 465 g/mol. The Labute approximate surface area is 199 Å². The first-order valence-corrected chi connectivity index (χ1v) is 12.8. The van der Waals surface area contributed by atoms with Crippen LogP contribution in [0, 0.1) is 11.3 Å². The minimum absolute atomic E-state index is 0.106. The summed E-state index contributed by atoms with van der Waals surface area (Å²) < 4.78 is 45.1. The molecule has 6 rings (SSSR count). The molecule has 2 fully saturated rings. The summed E-state index contributed by atoms with van der Waals surface area (Å²) in [4.78, 5) is 25.6. The Bertz CT molecular complexity index is 1100. The van der Waals surface area contributed by atoms with Crippen molar-refractivity contribution in [3.8, 4) is 0 Å². The van der Waals surface area contributed by atoms with E-state index in [-0.39, 0.29) is 18.5 Å². The van der Waals surface area contributed by atoms with Crippen molar-refractivity contribution in [2.75, 3.05) is 18.5 Å². The number of thiazole rings is 1. The third-order valence-corrected chi connectivity index (χ3v) is 9.04. The zero-order chi connectivity index (χ0) is 23.5. The van der Waals surface area contributed by atoms with Crippen molar-refractivity contribution in [2.45, 2.75) is 70.3 Å². The van der Waals surface area contributed by atoms with E-state index in [0.29, 0.717) is 43.4 Å². The molecule has 2 saturated carbocycles. The second-order valence-corrected chi connectivity index (χ2v) is 11.1. The predicted octanol–water partition coefficient (Wildman–Crippen LogP) is 4.58. The third-order valence-electron chi connectivity index (χ3n) is 8.04. The van der Waals surface area contributed by atoms with Gasteiger partial charge < -0.3 is 15.0 Å². The van der Waals surface area contributed by atoms with Gasteiger partial charge in [-0.2, -0.15) is 13.2 Å². The lowest BCUT2D eigenvalue weighted by Gasteiger charge is -2.37. The summed E-state index contributed by atoms with van der Waals surface area (Å²) in [6.07, 6.45) is 2.37. The lowest BCUT2D eigenvalue weighted by atomic mass is 9.78. The van der Waals surface area contributed by atoms with Crippen LogP contribution in [0.2, 0.25) is 0 Å². The van der Waals surface area contributed by atoms with Crippen LogP contribution in [-0.4, -0.2) is 40.0 Å². The summed E-state index contributed by atoms with van der Waals surface area (Å²) in [7, 11) is 0. The minimum atomic E-state index is -4.44. The van der Waals surface area contributed by atoms with Gasteiger partial charge in [-0.05, 0) is 43.2 Å². The largest absolute Gasteiger partial charge is 0.417 e. The van der Waals surface area contributed by atoms with E-state index in [1.54, 1.807) is 16.2 Å². The topological polar surface area (TPSA) is 67.4 Å². The molecule has 2 aromatic heterocycles. The van der Waals surface area contributed by atoms with Crippen LogP contribution in [0.3, 0.4) is 0 Å². The number of nitrogens with one attached hydrogen (secondary N) is 1. The van der Waals surface area contributed by atoms with Gasteiger partial charge in [0.05, 0.1) is 34.8 Å². The average molecular weight is 493 g/mol. The number of hydrogen-bond donors (Lipinski definition) is 1. The van der Waals surface area contributed by atoms with E-state index in [9.17, 15) is 18.0 Å². The molecule has 2 aliphatic carbocycles. The number of carbonyl (C=O) groups is 1. The maximum absolute atomic E-state index is 13.9. The Morgan fingerprint density at radius 2 is 2.18 bits per heavy atom. The number of rotatable bonds is 3. The zero-order valence-corrected chi connectivity index (χ0v) is 19.6. The summed E-state index contributed by atoms with van der Waals surface area (Å²) in [6, 6.07) is 1.34. The van der Waals surface area contributed by atoms with E-state index in [0.717, 1.165) is 55.5 Å². The number of pyridine rings is 1. The first-order chi connectivity index (χ1) is 16.3. The smallest absolute Gasteiger partial charge is 0.375 e. The van der Waals surface area contributed by atoms with E-state index in [1.165, 1.54) is 10.9 Å². The SMILES string of the molecule is O=C(N1CCc2ncc(C(F)(F)F)cc2C1)[C@@]12CCC[C@@H]1CC(Nc1nc3c(s1)COCC3)C2. The number of nitrogens with zero attached hydrogens (tertiary/aromatic N) is 3. The highest BCUT2D eigenvalue weighted by atomic mass is 32.1. The molecular formula is C24H27F3N4O2S. The van der Waals surface area contributed by atoms with Crippen molar-refractivity contribution in [3.63, 3.8) is 0 Å². The van der Waals surface area contributed by atoms with Gasteiger partial charge in [-0.25, -0.2) is 4.98 Å². The molecule has 0 radical (unpaired) electrons. The van der Waals surface area contributed by atoms with Gasteiger partial charge in [0.2, 0.25) is 5.91 Å². The molecule has 34 heavy (non-hydrogen) atoms. The second-order valence-electron chi connectivity index (χ2n) is 10.0. The Hall–Kier alpha value is -2.20. The van der Waals surface area contributed by atoms with Crippen molar-refractivity contribution in [2.24, 2.45) is 11.3 Å². The summed E-state index contributed by atoms with van der Waals surface area (Å²) in [5.74, 6) is 0.408. The van der Waals surface area contributed by atoms with E-state index >= 15 is 0 Å². The molecule has 0 saturated heterocycles. The lowest BCUT2D eigenvalue weighted by molar-refractivity contribution is -0.144. The number of hydrogen-bond acceptors (Lipinski definition) is 6. The molecule has 4 heterocycles. The fourth-order valence-corrected chi connectivity index (χ4v) is 7.46. The molecule has 182 valence electrons. The number of fused-ring (bicyclic) bond motifs is 3. The molecule has 0 spiro atoms. The van der Waals surface area contributed by atoms with Crippen molar-refractivity contribution in [1.29, 1.82) is 0 Å². The second kappa shape index (κ2) is 8.19. The fraction of sp³-hybridized carbons (Fsp3) is 0.625. The first-order valence-electron chi connectivity index (χ1n) is 12.0. The third kappa shape index (κ3) is 3.79. The molecule has 4 aliphatic rings. The van der Waals surface area contributed by atoms with Gasteiger partial charge in [0.25, 0.3) is 0 Å². The first kappa shape index (κ1) is 22.3. The molecule has 1 amide bonds. The van der Waals surface area contributed by atoms with Gasteiger partial charge in [0, 0.05) is 43.9 Å². The monoisotopic (exact) mass is 492 g/mol. The highest BCUT2D eigenvalue weighted by Gasteiger charge is 2.56. The van der Waals surface area contributed by atoms with Crippen molar-refractivity contribution < 1.29 is 22.7 Å². The van der Waals surface area contributed by atoms with Crippen LogP contribution in [0.5, 0.6) is 0 Å². The van der Waals surface area contributed by atoms with Gasteiger partial charge in [0.15, 0.2) is 5.13 Å². The summed E-state index contributed by atoms with van der Waals surface area (Å²) in [6.45, 7) is 2.04. The van der Waals surface area contributed by atoms with Gasteiger partial charge in [-0.3, -0.25) is 9.78 Å². The quantitative estimate of drug-likeness (QED) is 0.680. The minimum Gasteiger partial charge on any atom is -0.375 e. The highest BCUT2D eigenvalue weighted by molar-refractivity contribution is 7.15. The van der Waals surface area contributed by atoms with Gasteiger partial charge in [-0.15, -0.1) is 0 Å². The molecule has 2 aromatic rings. The van der Waals surface area contributed by atoms with Crippen LogP contribution in [0.4, 0.5) is 18.3 Å². The zero-order valence-electron chi connectivity index (χ0n) is 18.8. The number of aromatic nitrogens is 2. The van der Waals surface area contributed by atoms with Crippen LogP contribution in [-0.2, 0) is 41.7 Å². The average Bonchev–Trinajstić information content (AvgIpc) is 3.49. The molecule has 1 unspecified atom stereocenters. The van der Waals surface area contributed by atoms with Gasteiger partial charge in [0.1, 0.15) is 0 Å². The van der Waals surface area contributed by atoms with Gasteiger partial charge >= 0.3 is 6.18 Å². The van der Waals surface area contributed by atoms with E-state index < -0.39 is 17.2 Å². The van der Waals surface area contributed by atoms with Crippen molar-refractivity contribution >= 4 is 22.4 Å². The molecule has 6 nitrogen and oxygen atoms in total. The Morgan fingerprint density at radius 1 is 1.29 bits per heavy atom. The molecule has 3 atom stereocenters. The Morgan fingerprint density at radius 3 is 3.00 bits per heavy atom. The molecule has 1 N–H and O–H groups in total. The maximum Gasteiger partial charge on any atom is 0.417 e. The predicted molar refractivity (Wildman–Crippen MR) is 120 cm³/mol. The fourth-order valence-electron chi connectivity index (χ4n) is 6.43. The van der Waals surface area contributed by atoms with Crippen LogP contribution in [0.25, 0.3) is 0 Å². The van der Waals surface area contributed by atoms with Crippen LogP contribution >= 0.6 is 11.3 Å². The molecule has 0 bridgehead atoms. The van der Waals surface area contributed by atoms with Crippen molar-refractivity contribution in [1.82, 2.24) is 14.9 Å². The van der Waals surface area contributed by atoms with E-state index in [1.807, 2.05) is 0 Å². The normalized spacial score (nSPS) is 28.4. The van der Waals surface area contributed by atoms with Crippen LogP contribution < -0.4 is 5.32 Å². The van der Waals surface area contributed by atoms with E-state index in [2.05, 4.69) is 10.3 Å². The summed E-state index contributed by atoms with van der Waals surface area (Å²) in [5.41, 5.74) is 1.12. The van der Waals surface area contributed by atoms with Crippen LogP contribution in [0.1, 0.15) is 59.5 Å². The Balaban J connectivity index is 1.19. The Kier molecular flexibility index (Phi) is 5.36. The van der Waals surface area contributed by atoms with Crippen molar-refractivity contribution in [3.05, 3.63) is 39.7 Å². The number of alkyl halides is 3. The summed E-state index contributed by atoms with van der Waals surface area (Å²) >= 11 is 1.64. The highest BCUT2D eigenvalue weighted by Crippen LogP contribution is 2.56. The maximum atomic E-state index is 13.9. The standard InChI is InChI=1S/C24H27F3N4O2S/c25-24(26,27)16-8-14-12-31(6-3-18(14)28-11-16)21(32)23-5-1-2-15(23)9-17(10-23)29-22-30-19-4-7-33-13-20(19)34-22/h8,11,15,17H,1-7,9-10,12-13H2,(H,29,30)/t15-,17?,23-/m1/s1. The van der Waals surface area contributed by atoms with Crippen LogP contribution in [0.15, 0.2) is 12.3 Å². The number of anilines is 1. The van der Waals surface area contributed by atoms with E-state index in [4.69, 9.17) is 9.72 Å². The molecule has 2 aliphatic heterocycles. The number of halogens is 3. The lowest BCUT2D eigenvalue weighted by Crippen LogP contribution is -2.46. The van der Waals surface area contributed by atoms with Gasteiger partial charge in [-0.1, -0.05) is 17.8 Å². The summed E-state index contributed by atoms with van der Waals surface area (Å²) in [5, 5.41) is 4.50. The number of amides is 1. The number of carbonyl (C=O) groups excluding carboxylic acids is 1. The number of ether oxygens (including phenoxy) is 1.